The summed E-state index contributed by atoms with van der Waals surface area (Å²) >= 11 is 0. The number of hydrogen-bond acceptors (Lipinski definition) is 4. The minimum absolute atomic E-state index is 0.475. The standard InChI is InChI=1S/C9H8FN3O5/c1-12(11-9(15)16)8(14)6-3-2-5(13(17)18)4-7(6)10/h2-4,11H,1H3,(H,15,16). The molecule has 8 nitrogen and oxygen atoms in total. The highest BCUT2D eigenvalue weighted by molar-refractivity contribution is 5.95. The van der Waals surface area contributed by atoms with Crippen LogP contribution in [0, 0.1) is 15.9 Å². The molecule has 18 heavy (non-hydrogen) atoms. The minimum Gasteiger partial charge on any atom is -0.464 e. The molecule has 2 N–H and O–H groups in total. The van der Waals surface area contributed by atoms with Gasteiger partial charge >= 0.3 is 6.09 Å². The molecule has 0 atom stereocenters. The number of carbonyl (C=O) groups is 2. The Kier molecular flexibility index (Phi) is 3.77. The van der Waals surface area contributed by atoms with Crippen LogP contribution in [0.1, 0.15) is 10.4 Å². The van der Waals surface area contributed by atoms with Crippen LogP contribution in [0.5, 0.6) is 0 Å². The van der Waals surface area contributed by atoms with Gasteiger partial charge < -0.3 is 5.11 Å². The summed E-state index contributed by atoms with van der Waals surface area (Å²) in [5, 5.41) is 19.3. The molecule has 1 aromatic rings. The van der Waals surface area contributed by atoms with Crippen LogP contribution in [0.15, 0.2) is 18.2 Å². The van der Waals surface area contributed by atoms with Crippen LogP contribution in [-0.4, -0.2) is 34.1 Å². The molecule has 1 rings (SSSR count). The number of nitro benzene ring substituents is 1. The van der Waals surface area contributed by atoms with Crippen molar-refractivity contribution < 1.29 is 24.0 Å². The van der Waals surface area contributed by atoms with Gasteiger partial charge in [0.1, 0.15) is 5.82 Å². The number of non-ortho nitro benzene ring substituents is 1. The molecule has 0 radical (unpaired) electrons. The van der Waals surface area contributed by atoms with Gasteiger partial charge in [0, 0.05) is 13.1 Å². The first-order chi connectivity index (χ1) is 8.32. The molecule has 0 aliphatic carbocycles. The van der Waals surface area contributed by atoms with Crippen molar-refractivity contribution >= 4 is 17.7 Å². The van der Waals surface area contributed by atoms with Gasteiger partial charge in [-0.3, -0.25) is 19.9 Å². The first-order valence-corrected chi connectivity index (χ1v) is 4.54. The summed E-state index contributed by atoms with van der Waals surface area (Å²) in [7, 11) is 1.08. The summed E-state index contributed by atoms with van der Waals surface area (Å²) < 4.78 is 13.4. The van der Waals surface area contributed by atoms with E-state index in [1.165, 1.54) is 0 Å². The van der Waals surface area contributed by atoms with Crippen molar-refractivity contribution in [2.24, 2.45) is 0 Å². The van der Waals surface area contributed by atoms with Crippen molar-refractivity contribution in [3.8, 4) is 0 Å². The monoisotopic (exact) mass is 257 g/mol. The zero-order valence-electron chi connectivity index (χ0n) is 9.08. The molecule has 96 valence electrons. The maximum Gasteiger partial charge on any atom is 0.423 e. The van der Waals surface area contributed by atoms with Crippen molar-refractivity contribution in [2.45, 2.75) is 0 Å². The third kappa shape index (κ3) is 2.90. The smallest absolute Gasteiger partial charge is 0.423 e. The normalized spacial score (nSPS) is 9.67. The van der Waals surface area contributed by atoms with E-state index in [1.807, 2.05) is 0 Å². The third-order valence-corrected chi connectivity index (χ3v) is 1.96. The van der Waals surface area contributed by atoms with Gasteiger partial charge in [-0.25, -0.2) is 14.6 Å². The van der Waals surface area contributed by atoms with Gasteiger partial charge in [-0.05, 0) is 6.07 Å². The Balaban J connectivity index is 3.00. The summed E-state index contributed by atoms with van der Waals surface area (Å²) in [5.41, 5.74) is 0.728. The average Bonchev–Trinajstić information content (AvgIpc) is 2.26. The zero-order chi connectivity index (χ0) is 13.9. The molecule has 0 aliphatic heterocycles. The second-order valence-electron chi connectivity index (χ2n) is 3.20. The molecule has 1 aromatic carbocycles. The third-order valence-electron chi connectivity index (χ3n) is 1.96. The molecular weight excluding hydrogens is 249 g/mol. The number of nitrogens with zero attached hydrogens (tertiary/aromatic N) is 2. The molecule has 0 fully saturated rings. The molecule has 0 spiro atoms. The van der Waals surface area contributed by atoms with Crippen LogP contribution in [0.4, 0.5) is 14.9 Å². The van der Waals surface area contributed by atoms with E-state index in [4.69, 9.17) is 5.11 Å². The van der Waals surface area contributed by atoms with Crippen molar-refractivity contribution in [3.05, 3.63) is 39.7 Å². The van der Waals surface area contributed by atoms with E-state index < -0.39 is 34.0 Å². The molecular formula is C9H8FN3O5. The number of hydrazine groups is 1. The molecule has 0 aliphatic rings. The Morgan fingerprint density at radius 1 is 1.50 bits per heavy atom. The van der Waals surface area contributed by atoms with Gasteiger partial charge in [0.15, 0.2) is 0 Å². The van der Waals surface area contributed by atoms with Gasteiger partial charge in [0.2, 0.25) is 0 Å². The number of carboxylic acid groups (broad SMARTS) is 1. The van der Waals surface area contributed by atoms with E-state index in [2.05, 4.69) is 0 Å². The molecule has 0 saturated heterocycles. The molecule has 0 heterocycles. The lowest BCUT2D eigenvalue weighted by atomic mass is 10.2. The van der Waals surface area contributed by atoms with Crippen LogP contribution in [0.2, 0.25) is 0 Å². The Labute approximate surface area is 99.7 Å². The van der Waals surface area contributed by atoms with Crippen molar-refractivity contribution in [2.75, 3.05) is 7.05 Å². The molecule has 2 amide bonds. The van der Waals surface area contributed by atoms with E-state index in [9.17, 15) is 24.1 Å². The SMILES string of the molecule is CN(NC(=O)O)C(=O)c1ccc([N+](=O)[O-])cc1F. The Bertz CT molecular complexity index is 519. The second kappa shape index (κ2) is 5.08. The van der Waals surface area contributed by atoms with E-state index in [0.717, 1.165) is 19.2 Å². The topological polar surface area (TPSA) is 113 Å². The van der Waals surface area contributed by atoms with Crippen molar-refractivity contribution in [1.82, 2.24) is 10.4 Å². The molecule has 0 unspecified atom stereocenters. The highest BCUT2D eigenvalue weighted by Gasteiger charge is 2.20. The summed E-state index contributed by atoms with van der Waals surface area (Å²) in [6, 6.07) is 2.45. The number of nitrogens with one attached hydrogen (secondary N) is 1. The summed E-state index contributed by atoms with van der Waals surface area (Å²) in [4.78, 5) is 31.4. The van der Waals surface area contributed by atoms with Gasteiger partial charge in [0.05, 0.1) is 16.6 Å². The lowest BCUT2D eigenvalue weighted by molar-refractivity contribution is -0.385. The first kappa shape index (κ1) is 13.4. The van der Waals surface area contributed by atoms with E-state index in [1.54, 1.807) is 5.43 Å². The number of amides is 2. The van der Waals surface area contributed by atoms with Crippen molar-refractivity contribution in [3.63, 3.8) is 0 Å². The zero-order valence-corrected chi connectivity index (χ0v) is 9.08. The van der Waals surface area contributed by atoms with E-state index in [-0.39, 0.29) is 0 Å². The van der Waals surface area contributed by atoms with Gasteiger partial charge in [0.25, 0.3) is 11.6 Å². The van der Waals surface area contributed by atoms with Crippen LogP contribution in [-0.2, 0) is 0 Å². The Morgan fingerprint density at radius 2 is 2.11 bits per heavy atom. The lowest BCUT2D eigenvalue weighted by Crippen LogP contribution is -2.42. The van der Waals surface area contributed by atoms with Crippen LogP contribution >= 0.6 is 0 Å². The Morgan fingerprint density at radius 3 is 2.56 bits per heavy atom. The fourth-order valence-corrected chi connectivity index (χ4v) is 1.17. The van der Waals surface area contributed by atoms with Crippen LogP contribution < -0.4 is 5.43 Å². The van der Waals surface area contributed by atoms with E-state index in [0.29, 0.717) is 11.1 Å². The fourth-order valence-electron chi connectivity index (χ4n) is 1.17. The molecule has 9 heteroatoms. The van der Waals surface area contributed by atoms with Crippen molar-refractivity contribution in [1.29, 1.82) is 0 Å². The van der Waals surface area contributed by atoms with Crippen LogP contribution in [0.3, 0.4) is 0 Å². The molecule has 0 aromatic heterocycles. The highest BCUT2D eigenvalue weighted by Crippen LogP contribution is 2.17. The largest absolute Gasteiger partial charge is 0.464 e. The summed E-state index contributed by atoms with van der Waals surface area (Å²) in [6.07, 6.45) is -1.49. The predicted molar refractivity (Wildman–Crippen MR) is 56.3 cm³/mol. The molecule has 0 bridgehead atoms. The summed E-state index contributed by atoms with van der Waals surface area (Å²) in [6.45, 7) is 0. The van der Waals surface area contributed by atoms with Gasteiger partial charge in [-0.2, -0.15) is 0 Å². The van der Waals surface area contributed by atoms with Crippen LogP contribution in [0.25, 0.3) is 0 Å². The van der Waals surface area contributed by atoms with Gasteiger partial charge in [-0.15, -0.1) is 0 Å². The average molecular weight is 257 g/mol. The maximum absolute atomic E-state index is 13.4. The lowest BCUT2D eigenvalue weighted by Gasteiger charge is -2.16. The minimum atomic E-state index is -1.49. The quantitative estimate of drug-likeness (QED) is 0.605. The molecule has 0 saturated carbocycles. The number of nitro groups is 1. The highest BCUT2D eigenvalue weighted by atomic mass is 19.1. The number of hydrogen-bond donors (Lipinski definition) is 2. The second-order valence-corrected chi connectivity index (χ2v) is 3.20. The predicted octanol–water partition coefficient (Wildman–Crippen LogP) is 0.988. The number of rotatable bonds is 2. The Hall–Kier alpha value is -2.71. The number of benzene rings is 1. The maximum atomic E-state index is 13.4. The van der Waals surface area contributed by atoms with Gasteiger partial charge in [-0.1, -0.05) is 0 Å². The van der Waals surface area contributed by atoms with E-state index >= 15 is 0 Å². The first-order valence-electron chi connectivity index (χ1n) is 4.54. The summed E-state index contributed by atoms with van der Waals surface area (Å²) in [5.74, 6) is -2.07. The fraction of sp³-hybridized carbons (Fsp3) is 0.111. The number of carbonyl (C=O) groups excluding carboxylic acids is 1. The number of halogens is 1.